The van der Waals surface area contributed by atoms with Gasteiger partial charge in [-0.25, -0.2) is 4.98 Å². The topological polar surface area (TPSA) is 24.9 Å². The molecule has 2 unspecified atom stereocenters. The van der Waals surface area contributed by atoms with Crippen molar-refractivity contribution >= 4 is 0 Å². The number of aromatic nitrogens is 1. The first kappa shape index (κ1) is 7.44. The number of fused-ring (bicyclic) bond motifs is 4. The monoisotopic (exact) mass is 178 g/mol. The van der Waals surface area contributed by atoms with Gasteiger partial charge in [0.2, 0.25) is 5.95 Å². The average molecular weight is 178 g/mol. The molecule has 0 aromatic carbocycles. The normalized spacial score (nSPS) is 30.2. The van der Waals surface area contributed by atoms with E-state index in [0.29, 0.717) is 12.1 Å². The van der Waals surface area contributed by atoms with Gasteiger partial charge in [-0.15, -0.1) is 0 Å². The molecule has 2 aliphatic heterocycles. The first-order chi connectivity index (χ1) is 6.33. The minimum atomic E-state index is -0.347. The van der Waals surface area contributed by atoms with Gasteiger partial charge in [-0.05, 0) is 36.5 Å². The van der Waals surface area contributed by atoms with Crippen LogP contribution in [-0.2, 0) is 6.42 Å². The lowest BCUT2D eigenvalue weighted by atomic mass is 9.97. The molecule has 3 rings (SSSR count). The second kappa shape index (κ2) is 2.51. The molecule has 1 aromatic heterocycles. The summed E-state index contributed by atoms with van der Waals surface area (Å²) in [4.78, 5) is 3.70. The molecule has 0 spiro atoms. The number of rotatable bonds is 0. The van der Waals surface area contributed by atoms with Crippen molar-refractivity contribution in [2.24, 2.45) is 0 Å². The largest absolute Gasteiger partial charge is 0.307 e. The van der Waals surface area contributed by atoms with Crippen LogP contribution >= 0.6 is 0 Å². The summed E-state index contributed by atoms with van der Waals surface area (Å²) < 4.78 is 12.8. The van der Waals surface area contributed by atoms with Gasteiger partial charge in [0.05, 0.1) is 0 Å². The third kappa shape index (κ3) is 1.07. The number of nitrogens with zero attached hydrogens (tertiary/aromatic N) is 1. The van der Waals surface area contributed by atoms with Crippen LogP contribution < -0.4 is 5.32 Å². The van der Waals surface area contributed by atoms with Gasteiger partial charge >= 0.3 is 0 Å². The van der Waals surface area contributed by atoms with Gasteiger partial charge in [0.15, 0.2) is 0 Å². The number of nitrogens with one attached hydrogen (secondary N) is 1. The SMILES string of the molecule is Fc1cc2c(cn1)C1CCC(C2)N1. The van der Waals surface area contributed by atoms with E-state index in [4.69, 9.17) is 0 Å². The van der Waals surface area contributed by atoms with Gasteiger partial charge in [0.25, 0.3) is 0 Å². The summed E-state index contributed by atoms with van der Waals surface area (Å²) in [5.74, 6) is -0.347. The summed E-state index contributed by atoms with van der Waals surface area (Å²) >= 11 is 0. The zero-order valence-electron chi connectivity index (χ0n) is 7.26. The van der Waals surface area contributed by atoms with Crippen molar-refractivity contribution in [3.63, 3.8) is 0 Å². The number of hydrogen-bond acceptors (Lipinski definition) is 2. The van der Waals surface area contributed by atoms with E-state index in [9.17, 15) is 4.39 Å². The molecular formula is C10H11FN2. The summed E-state index contributed by atoms with van der Waals surface area (Å²) in [6, 6.07) is 2.59. The number of pyridine rings is 1. The summed E-state index contributed by atoms with van der Waals surface area (Å²) in [6.45, 7) is 0. The molecule has 1 fully saturated rings. The zero-order chi connectivity index (χ0) is 8.84. The Morgan fingerprint density at radius 1 is 1.46 bits per heavy atom. The van der Waals surface area contributed by atoms with Crippen LogP contribution in [0, 0.1) is 5.95 Å². The fraction of sp³-hybridized carbons (Fsp3) is 0.500. The fourth-order valence-corrected chi connectivity index (χ4v) is 2.46. The van der Waals surface area contributed by atoms with Crippen molar-refractivity contribution in [2.75, 3.05) is 0 Å². The van der Waals surface area contributed by atoms with E-state index < -0.39 is 0 Å². The fourth-order valence-electron chi connectivity index (χ4n) is 2.46. The van der Waals surface area contributed by atoms with Gasteiger partial charge in [0.1, 0.15) is 0 Å². The lowest BCUT2D eigenvalue weighted by Gasteiger charge is -2.23. The minimum absolute atomic E-state index is 0.347. The van der Waals surface area contributed by atoms with Crippen molar-refractivity contribution in [1.29, 1.82) is 0 Å². The van der Waals surface area contributed by atoms with Gasteiger partial charge in [-0.2, -0.15) is 4.39 Å². The van der Waals surface area contributed by atoms with Crippen molar-refractivity contribution < 1.29 is 4.39 Å². The molecule has 68 valence electrons. The maximum atomic E-state index is 12.8. The van der Waals surface area contributed by atoms with Crippen LogP contribution in [0.5, 0.6) is 0 Å². The second-order valence-electron chi connectivity index (χ2n) is 3.90. The molecule has 2 bridgehead atoms. The summed E-state index contributed by atoms with van der Waals surface area (Å²) in [6.07, 6.45) is 5.03. The van der Waals surface area contributed by atoms with E-state index in [-0.39, 0.29) is 5.95 Å². The van der Waals surface area contributed by atoms with Crippen LogP contribution in [0.4, 0.5) is 4.39 Å². The van der Waals surface area contributed by atoms with E-state index in [1.165, 1.54) is 18.4 Å². The molecule has 1 saturated heterocycles. The van der Waals surface area contributed by atoms with E-state index in [0.717, 1.165) is 12.0 Å². The van der Waals surface area contributed by atoms with E-state index in [1.54, 1.807) is 12.3 Å². The molecule has 0 amide bonds. The van der Waals surface area contributed by atoms with Crippen molar-refractivity contribution in [1.82, 2.24) is 10.3 Å². The van der Waals surface area contributed by atoms with E-state index in [2.05, 4.69) is 10.3 Å². The van der Waals surface area contributed by atoms with Crippen LogP contribution in [0.2, 0.25) is 0 Å². The summed E-state index contributed by atoms with van der Waals surface area (Å²) in [5, 5.41) is 3.50. The molecule has 0 radical (unpaired) electrons. The molecule has 13 heavy (non-hydrogen) atoms. The highest BCUT2D eigenvalue weighted by molar-refractivity contribution is 5.32. The smallest absolute Gasteiger partial charge is 0.213 e. The molecule has 0 aliphatic carbocycles. The zero-order valence-corrected chi connectivity index (χ0v) is 7.26. The van der Waals surface area contributed by atoms with Gasteiger partial charge < -0.3 is 5.32 Å². The molecule has 2 atom stereocenters. The number of hydrogen-bond donors (Lipinski definition) is 1. The highest BCUT2D eigenvalue weighted by atomic mass is 19.1. The Hall–Kier alpha value is -0.960. The Morgan fingerprint density at radius 3 is 3.31 bits per heavy atom. The Kier molecular flexibility index (Phi) is 1.44. The molecule has 0 saturated carbocycles. The first-order valence-electron chi connectivity index (χ1n) is 4.73. The summed E-state index contributed by atoms with van der Waals surface area (Å²) in [7, 11) is 0. The summed E-state index contributed by atoms with van der Waals surface area (Å²) in [5.41, 5.74) is 2.36. The predicted octanol–water partition coefficient (Wildman–Crippen LogP) is 1.57. The molecule has 2 aliphatic rings. The van der Waals surface area contributed by atoms with E-state index in [1.807, 2.05) is 0 Å². The Labute approximate surface area is 76.2 Å². The highest BCUT2D eigenvalue weighted by Gasteiger charge is 2.32. The maximum Gasteiger partial charge on any atom is 0.213 e. The highest BCUT2D eigenvalue weighted by Crippen LogP contribution is 2.35. The standard InChI is InChI=1S/C10H11FN2/c11-10-4-6-3-7-1-2-9(13-7)8(6)5-12-10/h4-5,7,9,13H,1-3H2. The van der Waals surface area contributed by atoms with Crippen LogP contribution in [0.25, 0.3) is 0 Å². The predicted molar refractivity (Wildman–Crippen MR) is 46.8 cm³/mol. The van der Waals surface area contributed by atoms with Crippen molar-refractivity contribution in [2.45, 2.75) is 31.3 Å². The Bertz CT molecular complexity index is 351. The van der Waals surface area contributed by atoms with Gasteiger partial charge in [-0.1, -0.05) is 0 Å². The van der Waals surface area contributed by atoms with Crippen LogP contribution in [-0.4, -0.2) is 11.0 Å². The van der Waals surface area contributed by atoms with E-state index >= 15 is 0 Å². The maximum absolute atomic E-state index is 12.8. The van der Waals surface area contributed by atoms with Gasteiger partial charge in [-0.3, -0.25) is 0 Å². The quantitative estimate of drug-likeness (QED) is 0.610. The van der Waals surface area contributed by atoms with Crippen molar-refractivity contribution in [3.05, 3.63) is 29.3 Å². The molecule has 3 heteroatoms. The third-order valence-corrected chi connectivity index (χ3v) is 3.07. The third-order valence-electron chi connectivity index (χ3n) is 3.07. The van der Waals surface area contributed by atoms with Crippen LogP contribution in [0.1, 0.15) is 30.0 Å². The first-order valence-corrected chi connectivity index (χ1v) is 4.73. The lowest BCUT2D eigenvalue weighted by Crippen LogP contribution is -2.31. The van der Waals surface area contributed by atoms with Crippen LogP contribution in [0.15, 0.2) is 12.3 Å². The molecule has 3 heterocycles. The van der Waals surface area contributed by atoms with Crippen molar-refractivity contribution in [3.8, 4) is 0 Å². The molecule has 1 N–H and O–H groups in total. The molecule has 1 aromatic rings. The minimum Gasteiger partial charge on any atom is -0.307 e. The molecule has 2 nitrogen and oxygen atoms in total. The lowest BCUT2D eigenvalue weighted by molar-refractivity contribution is 0.502. The Morgan fingerprint density at radius 2 is 2.38 bits per heavy atom. The van der Waals surface area contributed by atoms with Crippen LogP contribution in [0.3, 0.4) is 0 Å². The molecular weight excluding hydrogens is 167 g/mol. The average Bonchev–Trinajstić information content (AvgIpc) is 2.48. The Balaban J connectivity index is 2.12. The second-order valence-corrected chi connectivity index (χ2v) is 3.90. The van der Waals surface area contributed by atoms with Gasteiger partial charge in [0, 0.05) is 18.3 Å². The number of halogens is 1.